The van der Waals surface area contributed by atoms with Crippen LogP contribution in [0.4, 0.5) is 11.8 Å². The molecule has 0 amide bonds. The van der Waals surface area contributed by atoms with E-state index in [-0.39, 0.29) is 0 Å². The summed E-state index contributed by atoms with van der Waals surface area (Å²) in [7, 11) is 0. The molecule has 3 heterocycles. The molecule has 6 nitrogen and oxygen atoms in total. The maximum atomic E-state index is 6.33. The smallest absolute Gasteiger partial charge is 0.222 e. The molecule has 2 fully saturated rings. The fourth-order valence-corrected chi connectivity index (χ4v) is 5.02. The Labute approximate surface area is 148 Å². The van der Waals surface area contributed by atoms with E-state index in [2.05, 4.69) is 15.2 Å². The largest absolute Gasteiger partial charge is 0.494 e. The molecule has 2 aliphatic carbocycles. The first-order valence-corrected chi connectivity index (χ1v) is 9.83. The molecule has 2 aliphatic heterocycles. The molecule has 1 aromatic rings. The summed E-state index contributed by atoms with van der Waals surface area (Å²) in [5.41, 5.74) is 9.90. The lowest BCUT2D eigenvalue weighted by atomic mass is 9.78. The van der Waals surface area contributed by atoms with Crippen LogP contribution in [0.5, 0.6) is 0 Å². The van der Waals surface area contributed by atoms with E-state index in [4.69, 9.17) is 15.5 Å². The quantitative estimate of drug-likeness (QED) is 0.815. The lowest BCUT2D eigenvalue weighted by Gasteiger charge is -2.29. The molecule has 134 valence electrons. The average Bonchev–Trinajstić information content (AvgIpc) is 2.80. The standard InChI is InChI=1S/C19H27N5O/c20-19-22-17-13(18(23-19)24-10-3-8-21-9-11-24)6-7-15-16(17)12-4-1-2-5-14(12)25-15/h12,14,21H,1-11H2,(H2,20,22,23). The van der Waals surface area contributed by atoms with Crippen molar-refractivity contribution < 1.29 is 4.74 Å². The van der Waals surface area contributed by atoms with Crippen LogP contribution < -0.4 is 16.0 Å². The molecule has 5 rings (SSSR count). The predicted molar refractivity (Wildman–Crippen MR) is 98.2 cm³/mol. The van der Waals surface area contributed by atoms with Gasteiger partial charge in [-0.15, -0.1) is 0 Å². The number of aromatic nitrogens is 2. The van der Waals surface area contributed by atoms with Crippen LogP contribution in [0.15, 0.2) is 5.76 Å². The van der Waals surface area contributed by atoms with Gasteiger partial charge in [0.1, 0.15) is 17.7 Å². The number of nitrogen functional groups attached to an aromatic ring is 1. The molecular formula is C19H27N5O. The highest BCUT2D eigenvalue weighted by Gasteiger charge is 2.42. The maximum absolute atomic E-state index is 6.33. The van der Waals surface area contributed by atoms with Crippen LogP contribution in [-0.2, 0) is 11.2 Å². The Morgan fingerprint density at radius 2 is 1.96 bits per heavy atom. The van der Waals surface area contributed by atoms with Gasteiger partial charge in [0.05, 0.1) is 5.69 Å². The predicted octanol–water partition coefficient (Wildman–Crippen LogP) is 2.10. The molecule has 6 heteroatoms. The Morgan fingerprint density at radius 1 is 1.04 bits per heavy atom. The molecule has 0 spiro atoms. The lowest BCUT2D eigenvalue weighted by molar-refractivity contribution is 0.0793. The van der Waals surface area contributed by atoms with Gasteiger partial charge in [-0.05, 0) is 38.6 Å². The minimum absolute atomic E-state index is 0.367. The molecule has 4 aliphatic rings. The normalized spacial score (nSPS) is 28.7. The second-order valence-corrected chi connectivity index (χ2v) is 7.71. The van der Waals surface area contributed by atoms with Crippen LogP contribution in [0.1, 0.15) is 49.8 Å². The van der Waals surface area contributed by atoms with Crippen LogP contribution in [0, 0.1) is 5.92 Å². The zero-order chi connectivity index (χ0) is 16.8. The lowest BCUT2D eigenvalue weighted by Crippen LogP contribution is -2.31. The van der Waals surface area contributed by atoms with Crippen molar-refractivity contribution in [3.05, 3.63) is 17.0 Å². The van der Waals surface area contributed by atoms with E-state index in [0.717, 1.165) is 57.0 Å². The van der Waals surface area contributed by atoms with E-state index < -0.39 is 0 Å². The number of fused-ring (bicyclic) bond motifs is 4. The highest BCUT2D eigenvalue weighted by atomic mass is 16.5. The Bertz CT molecular complexity index is 708. The van der Waals surface area contributed by atoms with Crippen LogP contribution in [0.2, 0.25) is 0 Å². The molecule has 3 N–H and O–H groups in total. The molecule has 25 heavy (non-hydrogen) atoms. The SMILES string of the molecule is Nc1nc2c(c(N3CCCNCC3)n1)CCC1=C2C2CCCCC2O1. The number of rotatable bonds is 1. The van der Waals surface area contributed by atoms with Crippen molar-refractivity contribution in [2.45, 2.75) is 51.0 Å². The van der Waals surface area contributed by atoms with Crippen molar-refractivity contribution >= 4 is 17.3 Å². The minimum Gasteiger partial charge on any atom is -0.494 e. The number of nitrogens with zero attached hydrogens (tertiary/aromatic N) is 3. The number of nitrogens with two attached hydrogens (primary N) is 1. The van der Waals surface area contributed by atoms with E-state index in [9.17, 15) is 0 Å². The van der Waals surface area contributed by atoms with E-state index in [1.54, 1.807) is 0 Å². The summed E-state index contributed by atoms with van der Waals surface area (Å²) in [6.07, 6.45) is 8.43. The van der Waals surface area contributed by atoms with Gasteiger partial charge in [-0.25, -0.2) is 4.98 Å². The van der Waals surface area contributed by atoms with E-state index in [0.29, 0.717) is 18.0 Å². The van der Waals surface area contributed by atoms with Crippen molar-refractivity contribution in [2.75, 3.05) is 36.8 Å². The van der Waals surface area contributed by atoms with Gasteiger partial charge in [-0.1, -0.05) is 6.42 Å². The zero-order valence-electron chi connectivity index (χ0n) is 14.8. The molecule has 1 aromatic heterocycles. The fraction of sp³-hybridized carbons (Fsp3) is 0.684. The van der Waals surface area contributed by atoms with Crippen LogP contribution >= 0.6 is 0 Å². The number of hydrogen-bond acceptors (Lipinski definition) is 6. The summed E-state index contributed by atoms with van der Waals surface area (Å²) >= 11 is 0. The number of hydrogen-bond donors (Lipinski definition) is 2. The minimum atomic E-state index is 0.367. The summed E-state index contributed by atoms with van der Waals surface area (Å²) in [5.74, 6) is 3.16. The monoisotopic (exact) mass is 341 g/mol. The van der Waals surface area contributed by atoms with Crippen LogP contribution in [0.25, 0.3) is 5.57 Å². The Kier molecular flexibility index (Phi) is 3.81. The molecule has 1 saturated carbocycles. The van der Waals surface area contributed by atoms with E-state index in [1.165, 1.54) is 42.6 Å². The third kappa shape index (κ3) is 2.58. The molecule has 0 bridgehead atoms. The Balaban J connectivity index is 1.57. The first kappa shape index (κ1) is 15.4. The van der Waals surface area contributed by atoms with E-state index >= 15 is 0 Å². The van der Waals surface area contributed by atoms with Gasteiger partial charge in [-0.3, -0.25) is 0 Å². The fourth-order valence-electron chi connectivity index (χ4n) is 5.02. The topological polar surface area (TPSA) is 76.3 Å². The van der Waals surface area contributed by atoms with Crippen molar-refractivity contribution in [3.63, 3.8) is 0 Å². The summed E-state index contributed by atoms with van der Waals surface area (Å²) in [6, 6.07) is 0. The van der Waals surface area contributed by atoms with Gasteiger partial charge in [0.15, 0.2) is 0 Å². The van der Waals surface area contributed by atoms with Crippen molar-refractivity contribution in [1.82, 2.24) is 15.3 Å². The number of allylic oxidation sites excluding steroid dienone is 1. The first-order valence-electron chi connectivity index (χ1n) is 9.83. The van der Waals surface area contributed by atoms with Gasteiger partial charge in [-0.2, -0.15) is 4.98 Å². The second kappa shape index (κ2) is 6.16. The Morgan fingerprint density at radius 3 is 2.92 bits per heavy atom. The van der Waals surface area contributed by atoms with E-state index in [1.807, 2.05) is 0 Å². The summed E-state index contributed by atoms with van der Waals surface area (Å²) in [5, 5.41) is 3.47. The average molecular weight is 341 g/mol. The zero-order valence-corrected chi connectivity index (χ0v) is 14.8. The Hall–Kier alpha value is -1.82. The van der Waals surface area contributed by atoms with Gasteiger partial charge in [0.2, 0.25) is 5.95 Å². The maximum Gasteiger partial charge on any atom is 0.222 e. The third-order valence-corrected chi connectivity index (χ3v) is 6.17. The number of anilines is 2. The number of nitrogens with one attached hydrogen (secondary N) is 1. The third-order valence-electron chi connectivity index (χ3n) is 6.17. The highest BCUT2D eigenvalue weighted by molar-refractivity contribution is 5.77. The van der Waals surface area contributed by atoms with Crippen molar-refractivity contribution in [3.8, 4) is 0 Å². The molecular weight excluding hydrogens is 314 g/mol. The van der Waals surface area contributed by atoms with Gasteiger partial charge < -0.3 is 20.7 Å². The van der Waals surface area contributed by atoms with Gasteiger partial charge >= 0.3 is 0 Å². The molecule has 0 radical (unpaired) electrons. The summed E-state index contributed by atoms with van der Waals surface area (Å²) in [6.45, 7) is 4.09. The number of ether oxygens (including phenoxy) is 1. The van der Waals surface area contributed by atoms with Crippen LogP contribution in [-0.4, -0.2) is 42.3 Å². The summed E-state index contributed by atoms with van der Waals surface area (Å²) < 4.78 is 6.33. The molecule has 2 unspecified atom stereocenters. The highest BCUT2D eigenvalue weighted by Crippen LogP contribution is 2.50. The molecule has 2 atom stereocenters. The summed E-state index contributed by atoms with van der Waals surface area (Å²) in [4.78, 5) is 11.8. The second-order valence-electron chi connectivity index (χ2n) is 7.71. The van der Waals surface area contributed by atoms with Gasteiger partial charge in [0.25, 0.3) is 0 Å². The van der Waals surface area contributed by atoms with Gasteiger partial charge in [0, 0.05) is 43.1 Å². The molecule has 0 aromatic carbocycles. The first-order chi connectivity index (χ1) is 12.3. The van der Waals surface area contributed by atoms with Crippen molar-refractivity contribution in [2.24, 2.45) is 5.92 Å². The van der Waals surface area contributed by atoms with Crippen molar-refractivity contribution in [1.29, 1.82) is 0 Å². The molecule has 1 saturated heterocycles. The van der Waals surface area contributed by atoms with Crippen LogP contribution in [0.3, 0.4) is 0 Å².